The molecule has 4 rings (SSSR count). The summed E-state index contributed by atoms with van der Waals surface area (Å²) < 4.78 is 28.7. The average Bonchev–Trinajstić information content (AvgIpc) is 3.34. The molecule has 3 N–H and O–H groups in total. The number of rotatable bonds is 15. The molecule has 2 amide bonds. The second kappa shape index (κ2) is 14.1. The smallest absolute Gasteiger partial charge is 0.324 e. The van der Waals surface area contributed by atoms with Gasteiger partial charge >= 0.3 is 6.03 Å². The van der Waals surface area contributed by atoms with Crippen molar-refractivity contribution in [2.24, 2.45) is 5.41 Å². The Labute approximate surface area is 250 Å². The zero-order valence-corrected chi connectivity index (χ0v) is 25.6. The molecule has 10 heteroatoms. The maximum atomic E-state index is 13.1. The van der Waals surface area contributed by atoms with Gasteiger partial charge in [0.25, 0.3) is 10.0 Å². The fourth-order valence-electron chi connectivity index (χ4n) is 5.14. The molecule has 3 aromatic rings. The molecule has 1 aliphatic rings. The normalized spacial score (nSPS) is 14.8. The number of anilines is 2. The lowest BCUT2D eigenvalue weighted by molar-refractivity contribution is 0.174. The number of hydrogen-bond acceptors (Lipinski definition) is 6. The molecule has 0 aliphatic carbocycles. The highest BCUT2D eigenvalue weighted by Gasteiger charge is 2.33. The third-order valence-corrected chi connectivity index (χ3v) is 8.98. The fraction of sp³-hybridized carbons (Fsp3) is 0.438. The van der Waals surface area contributed by atoms with Crippen LogP contribution >= 0.6 is 0 Å². The minimum atomic E-state index is -3.79. The molecule has 1 aliphatic heterocycles. The fourth-order valence-corrected chi connectivity index (χ4v) is 6.20. The third kappa shape index (κ3) is 8.53. The predicted molar refractivity (Wildman–Crippen MR) is 167 cm³/mol. The van der Waals surface area contributed by atoms with Crippen LogP contribution in [0.15, 0.2) is 78.0 Å². The number of carbonyl (C=O) groups is 1. The zero-order chi connectivity index (χ0) is 30.2. The SMILES string of the molecule is CCCCC(C)(C)CN1CCN(c2ccc(S(=O)(=O)Nc3ccc(CCNCC(O)c4cccnc4)cc3)cc2)C1=O. The van der Waals surface area contributed by atoms with E-state index in [9.17, 15) is 18.3 Å². The van der Waals surface area contributed by atoms with E-state index in [-0.39, 0.29) is 16.3 Å². The van der Waals surface area contributed by atoms with Crippen molar-refractivity contribution in [2.75, 3.05) is 42.3 Å². The van der Waals surface area contributed by atoms with Gasteiger partial charge in [0.05, 0.1) is 11.0 Å². The van der Waals surface area contributed by atoms with Crippen molar-refractivity contribution in [3.8, 4) is 0 Å². The molecule has 9 nitrogen and oxygen atoms in total. The van der Waals surface area contributed by atoms with E-state index in [2.05, 4.69) is 35.8 Å². The summed E-state index contributed by atoms with van der Waals surface area (Å²) in [5, 5.41) is 13.5. The minimum Gasteiger partial charge on any atom is -0.387 e. The number of sulfonamides is 1. The first kappa shape index (κ1) is 31.5. The quantitative estimate of drug-likeness (QED) is 0.209. The maximum Gasteiger partial charge on any atom is 0.324 e. The Morgan fingerprint density at radius 1 is 1.05 bits per heavy atom. The van der Waals surface area contributed by atoms with Crippen LogP contribution in [0.5, 0.6) is 0 Å². The standard InChI is InChI=1S/C32H43N5O4S/c1-4-5-17-32(2,3)24-36-20-21-37(31(36)39)28-12-14-29(15-13-28)42(40,41)35-27-10-8-25(9-11-27)16-19-34-23-30(38)26-7-6-18-33-22-26/h6-15,18,22,30,34-35,38H,4-5,16-17,19-21,23-24H2,1-3H3. The van der Waals surface area contributed by atoms with Crippen molar-refractivity contribution in [1.82, 2.24) is 15.2 Å². The lowest BCUT2D eigenvalue weighted by atomic mass is 9.87. The summed E-state index contributed by atoms with van der Waals surface area (Å²) in [6.07, 6.45) is 6.79. The van der Waals surface area contributed by atoms with E-state index in [4.69, 9.17) is 0 Å². The van der Waals surface area contributed by atoms with Crippen molar-refractivity contribution in [3.05, 3.63) is 84.2 Å². The molecule has 1 fully saturated rings. The molecule has 226 valence electrons. The van der Waals surface area contributed by atoms with Crippen LogP contribution in [-0.4, -0.2) is 62.2 Å². The molecule has 0 bridgehead atoms. The highest BCUT2D eigenvalue weighted by molar-refractivity contribution is 7.92. The van der Waals surface area contributed by atoms with E-state index in [1.165, 1.54) is 0 Å². The van der Waals surface area contributed by atoms with Crippen molar-refractivity contribution in [3.63, 3.8) is 0 Å². The van der Waals surface area contributed by atoms with E-state index in [1.807, 2.05) is 23.1 Å². The average molecular weight is 594 g/mol. The number of aliphatic hydroxyl groups is 1. The Balaban J connectivity index is 1.27. The summed E-state index contributed by atoms with van der Waals surface area (Å²) in [5.74, 6) is 0. The molecule has 1 saturated heterocycles. The van der Waals surface area contributed by atoms with Crippen LogP contribution in [0.3, 0.4) is 0 Å². The van der Waals surface area contributed by atoms with Gasteiger partial charge in [-0.25, -0.2) is 13.2 Å². The molecule has 0 spiro atoms. The van der Waals surface area contributed by atoms with E-state index < -0.39 is 16.1 Å². The first-order chi connectivity index (χ1) is 20.1. The van der Waals surface area contributed by atoms with Crippen LogP contribution in [0.25, 0.3) is 0 Å². The molecule has 2 heterocycles. The maximum absolute atomic E-state index is 13.1. The van der Waals surface area contributed by atoms with Gasteiger partial charge in [0.2, 0.25) is 0 Å². The number of unbranched alkanes of at least 4 members (excludes halogenated alkanes) is 1. The Morgan fingerprint density at radius 2 is 1.79 bits per heavy atom. The van der Waals surface area contributed by atoms with E-state index in [0.717, 1.165) is 36.8 Å². The highest BCUT2D eigenvalue weighted by Crippen LogP contribution is 2.29. The summed E-state index contributed by atoms with van der Waals surface area (Å²) in [7, 11) is -3.79. The topological polar surface area (TPSA) is 115 Å². The van der Waals surface area contributed by atoms with Gasteiger partial charge in [-0.05, 0) is 72.8 Å². The Bertz CT molecular complexity index is 1400. The molecule has 1 atom stereocenters. The molecular formula is C32H43N5O4S. The molecule has 0 saturated carbocycles. The number of amides is 2. The van der Waals surface area contributed by atoms with Gasteiger partial charge in [0.15, 0.2) is 0 Å². The lowest BCUT2D eigenvalue weighted by Crippen LogP contribution is -2.38. The van der Waals surface area contributed by atoms with Crippen molar-refractivity contribution >= 4 is 27.4 Å². The first-order valence-corrected chi connectivity index (χ1v) is 16.1. The van der Waals surface area contributed by atoms with Crippen LogP contribution in [0.1, 0.15) is 57.3 Å². The predicted octanol–water partition coefficient (Wildman–Crippen LogP) is 5.21. The van der Waals surface area contributed by atoms with Crippen LogP contribution in [0.4, 0.5) is 16.2 Å². The van der Waals surface area contributed by atoms with Gasteiger partial charge in [-0.3, -0.25) is 14.6 Å². The summed E-state index contributed by atoms with van der Waals surface area (Å²) in [4.78, 5) is 20.9. The Kier molecular flexibility index (Phi) is 10.6. The second-order valence-electron chi connectivity index (χ2n) is 11.7. The number of carbonyl (C=O) groups excluding carboxylic acids is 1. The van der Waals surface area contributed by atoms with Gasteiger partial charge in [0.1, 0.15) is 0 Å². The molecule has 1 unspecified atom stereocenters. The first-order valence-electron chi connectivity index (χ1n) is 14.6. The Morgan fingerprint density at radius 3 is 2.45 bits per heavy atom. The van der Waals surface area contributed by atoms with Gasteiger partial charge in [-0.2, -0.15) is 0 Å². The number of aromatic nitrogens is 1. The molecule has 1 aromatic heterocycles. The summed E-state index contributed by atoms with van der Waals surface area (Å²) >= 11 is 0. The Hall–Kier alpha value is -3.47. The largest absolute Gasteiger partial charge is 0.387 e. The van der Waals surface area contributed by atoms with Gasteiger partial charge in [-0.1, -0.05) is 51.8 Å². The molecule has 42 heavy (non-hydrogen) atoms. The van der Waals surface area contributed by atoms with Crippen LogP contribution < -0.4 is 14.9 Å². The zero-order valence-electron chi connectivity index (χ0n) is 24.8. The van der Waals surface area contributed by atoms with Gasteiger partial charge < -0.3 is 15.3 Å². The summed E-state index contributed by atoms with van der Waals surface area (Å²) in [6.45, 7) is 9.63. The molecule has 2 aromatic carbocycles. The number of aliphatic hydroxyl groups excluding tert-OH is 1. The number of pyridine rings is 1. The van der Waals surface area contributed by atoms with Crippen LogP contribution in [-0.2, 0) is 16.4 Å². The van der Waals surface area contributed by atoms with Crippen molar-refractivity contribution in [2.45, 2.75) is 57.5 Å². The monoisotopic (exact) mass is 593 g/mol. The van der Waals surface area contributed by atoms with Crippen LogP contribution in [0, 0.1) is 5.41 Å². The summed E-state index contributed by atoms with van der Waals surface area (Å²) in [5.41, 5.74) is 3.04. The van der Waals surface area contributed by atoms with Crippen LogP contribution in [0.2, 0.25) is 0 Å². The minimum absolute atomic E-state index is 0.0340. The molecule has 0 radical (unpaired) electrons. The third-order valence-electron chi connectivity index (χ3n) is 7.58. The van der Waals surface area contributed by atoms with Gasteiger partial charge in [0, 0.05) is 55.5 Å². The number of nitrogens with zero attached hydrogens (tertiary/aromatic N) is 3. The highest BCUT2D eigenvalue weighted by atomic mass is 32.2. The number of benzene rings is 2. The second-order valence-corrected chi connectivity index (χ2v) is 13.4. The van der Waals surface area contributed by atoms with Gasteiger partial charge in [-0.15, -0.1) is 0 Å². The lowest BCUT2D eigenvalue weighted by Gasteiger charge is -2.30. The van der Waals surface area contributed by atoms with E-state index in [0.29, 0.717) is 44.1 Å². The number of nitrogens with one attached hydrogen (secondary N) is 2. The molecular weight excluding hydrogens is 550 g/mol. The van der Waals surface area contributed by atoms with E-state index in [1.54, 1.807) is 59.8 Å². The number of urea groups is 1. The number of hydrogen-bond donors (Lipinski definition) is 3. The van der Waals surface area contributed by atoms with E-state index >= 15 is 0 Å². The van der Waals surface area contributed by atoms with Crippen molar-refractivity contribution in [1.29, 1.82) is 0 Å². The van der Waals surface area contributed by atoms with Crippen molar-refractivity contribution < 1.29 is 18.3 Å². The summed E-state index contributed by atoms with van der Waals surface area (Å²) in [6, 6.07) is 17.3.